The first-order valence-electron chi connectivity index (χ1n) is 5.59. The zero-order chi connectivity index (χ0) is 13.3. The van der Waals surface area contributed by atoms with Crippen molar-refractivity contribution in [3.05, 3.63) is 35.1 Å². The van der Waals surface area contributed by atoms with E-state index in [2.05, 4.69) is 0 Å². The van der Waals surface area contributed by atoms with Crippen molar-refractivity contribution in [3.8, 4) is 0 Å². The van der Waals surface area contributed by atoms with Crippen LogP contribution in [0.1, 0.15) is 11.1 Å². The molecule has 6 heteroatoms. The van der Waals surface area contributed by atoms with Gasteiger partial charge in [0.2, 0.25) is 0 Å². The number of benzene rings is 1. The van der Waals surface area contributed by atoms with Gasteiger partial charge in [-0.25, -0.2) is 4.39 Å². The third-order valence-electron chi connectivity index (χ3n) is 3.06. The molecule has 0 saturated carbocycles. The molecule has 1 N–H and O–H groups in total. The van der Waals surface area contributed by atoms with Gasteiger partial charge in [-0.2, -0.15) is 13.2 Å². The highest BCUT2D eigenvalue weighted by Crippen LogP contribution is 2.31. The van der Waals surface area contributed by atoms with Crippen molar-refractivity contribution in [1.29, 1.82) is 0 Å². The highest BCUT2D eigenvalue weighted by atomic mass is 19.4. The maximum absolute atomic E-state index is 13.4. The molecule has 2 nitrogen and oxygen atoms in total. The first kappa shape index (κ1) is 13.3. The van der Waals surface area contributed by atoms with Gasteiger partial charge in [-0.3, -0.25) is 4.90 Å². The van der Waals surface area contributed by atoms with Crippen molar-refractivity contribution in [3.63, 3.8) is 0 Å². The molecule has 1 fully saturated rings. The van der Waals surface area contributed by atoms with E-state index < -0.39 is 17.6 Å². The lowest BCUT2D eigenvalue weighted by Crippen LogP contribution is -2.47. The molecule has 0 spiro atoms. The number of halogens is 4. The molecule has 18 heavy (non-hydrogen) atoms. The van der Waals surface area contributed by atoms with E-state index >= 15 is 0 Å². The van der Waals surface area contributed by atoms with E-state index in [1.54, 1.807) is 4.90 Å². The number of rotatable bonds is 3. The number of nitrogens with zero attached hydrogens (tertiary/aromatic N) is 1. The van der Waals surface area contributed by atoms with Crippen LogP contribution >= 0.6 is 0 Å². The summed E-state index contributed by atoms with van der Waals surface area (Å²) in [5.74, 6) is -0.477. The monoisotopic (exact) mass is 263 g/mol. The Bertz CT molecular complexity index is 427. The fourth-order valence-electron chi connectivity index (χ4n) is 2.03. The number of aliphatic hydroxyl groups is 1. The summed E-state index contributed by atoms with van der Waals surface area (Å²) < 4.78 is 50.9. The van der Waals surface area contributed by atoms with E-state index in [0.717, 1.165) is 18.2 Å². The summed E-state index contributed by atoms with van der Waals surface area (Å²) in [7, 11) is 0. The average molecular weight is 263 g/mol. The Hall–Kier alpha value is -1.14. The van der Waals surface area contributed by atoms with Gasteiger partial charge >= 0.3 is 6.18 Å². The minimum Gasteiger partial charge on any atom is -0.396 e. The van der Waals surface area contributed by atoms with Crippen molar-refractivity contribution < 1.29 is 22.7 Å². The Labute approximate surface area is 102 Å². The highest BCUT2D eigenvalue weighted by molar-refractivity contribution is 5.27. The van der Waals surface area contributed by atoms with E-state index in [1.807, 2.05) is 0 Å². The summed E-state index contributed by atoms with van der Waals surface area (Å²) >= 11 is 0. The molecule has 1 saturated heterocycles. The fourth-order valence-corrected chi connectivity index (χ4v) is 2.03. The Balaban J connectivity index is 2.08. The van der Waals surface area contributed by atoms with Crippen molar-refractivity contribution in [2.45, 2.75) is 12.7 Å². The predicted molar refractivity (Wildman–Crippen MR) is 57.3 cm³/mol. The molecular formula is C12H13F4NO. The lowest BCUT2D eigenvalue weighted by Gasteiger charge is -2.38. The van der Waals surface area contributed by atoms with Gasteiger partial charge in [-0.1, -0.05) is 0 Å². The van der Waals surface area contributed by atoms with Crippen molar-refractivity contribution >= 4 is 0 Å². The molecule has 0 atom stereocenters. The van der Waals surface area contributed by atoms with Crippen molar-refractivity contribution in [2.24, 2.45) is 5.92 Å². The molecule has 1 aromatic rings. The van der Waals surface area contributed by atoms with Gasteiger partial charge in [0.15, 0.2) is 0 Å². The molecule has 0 amide bonds. The van der Waals surface area contributed by atoms with Gasteiger partial charge in [-0.05, 0) is 18.2 Å². The maximum Gasteiger partial charge on any atom is 0.416 e. The van der Waals surface area contributed by atoms with Gasteiger partial charge in [0, 0.05) is 37.7 Å². The number of hydrogen-bond acceptors (Lipinski definition) is 2. The normalized spacial score (nSPS) is 17.8. The van der Waals surface area contributed by atoms with E-state index in [9.17, 15) is 17.6 Å². The smallest absolute Gasteiger partial charge is 0.396 e. The fraction of sp³-hybridized carbons (Fsp3) is 0.500. The first-order valence-corrected chi connectivity index (χ1v) is 5.59. The van der Waals surface area contributed by atoms with Gasteiger partial charge < -0.3 is 5.11 Å². The van der Waals surface area contributed by atoms with Crippen LogP contribution in [-0.2, 0) is 12.7 Å². The predicted octanol–water partition coefficient (Wildman–Crippen LogP) is 2.27. The third kappa shape index (κ3) is 2.81. The largest absolute Gasteiger partial charge is 0.416 e. The molecule has 1 heterocycles. The summed E-state index contributed by atoms with van der Waals surface area (Å²) in [6.07, 6.45) is -4.45. The quantitative estimate of drug-likeness (QED) is 0.846. The van der Waals surface area contributed by atoms with E-state index in [-0.39, 0.29) is 24.6 Å². The molecule has 100 valence electrons. The Morgan fingerprint density at radius 2 is 1.94 bits per heavy atom. The van der Waals surface area contributed by atoms with Gasteiger partial charge in [0.1, 0.15) is 5.82 Å². The van der Waals surface area contributed by atoms with E-state index in [1.165, 1.54) is 0 Å². The molecule has 2 rings (SSSR count). The van der Waals surface area contributed by atoms with E-state index in [0.29, 0.717) is 13.1 Å². The number of hydrogen-bond donors (Lipinski definition) is 1. The second-order valence-corrected chi connectivity index (χ2v) is 4.55. The highest BCUT2D eigenvalue weighted by Gasteiger charge is 2.32. The lowest BCUT2D eigenvalue weighted by atomic mass is 10.00. The molecule has 0 aliphatic carbocycles. The molecule has 0 radical (unpaired) electrons. The second kappa shape index (κ2) is 4.85. The molecule has 1 aliphatic rings. The SMILES string of the molecule is OCC1CN(Cc2cc(C(F)(F)F)ccc2F)C1. The number of likely N-dealkylation sites (tertiary alicyclic amines) is 1. The topological polar surface area (TPSA) is 23.5 Å². The summed E-state index contributed by atoms with van der Waals surface area (Å²) in [5.41, 5.74) is -0.792. The summed E-state index contributed by atoms with van der Waals surface area (Å²) in [4.78, 5) is 1.81. The molecular weight excluding hydrogens is 250 g/mol. The van der Waals surface area contributed by atoms with Crippen LogP contribution in [0.25, 0.3) is 0 Å². The van der Waals surface area contributed by atoms with Crippen LogP contribution in [0.3, 0.4) is 0 Å². The summed E-state index contributed by atoms with van der Waals surface area (Å²) in [6, 6.07) is 2.44. The van der Waals surface area contributed by atoms with Gasteiger partial charge in [0.05, 0.1) is 5.56 Å². The van der Waals surface area contributed by atoms with Crippen LogP contribution in [0.2, 0.25) is 0 Å². The Morgan fingerprint density at radius 3 is 2.50 bits per heavy atom. The Morgan fingerprint density at radius 1 is 1.28 bits per heavy atom. The molecule has 0 unspecified atom stereocenters. The molecule has 0 aromatic heterocycles. The Kier molecular flexibility index (Phi) is 3.59. The van der Waals surface area contributed by atoms with Crippen LogP contribution < -0.4 is 0 Å². The first-order chi connectivity index (χ1) is 8.40. The summed E-state index contributed by atoms with van der Waals surface area (Å²) in [6.45, 7) is 1.38. The van der Waals surface area contributed by atoms with Crippen molar-refractivity contribution in [1.82, 2.24) is 4.90 Å². The second-order valence-electron chi connectivity index (χ2n) is 4.55. The van der Waals surface area contributed by atoms with Crippen LogP contribution in [0.5, 0.6) is 0 Å². The van der Waals surface area contributed by atoms with Gasteiger partial charge in [-0.15, -0.1) is 0 Å². The van der Waals surface area contributed by atoms with Crippen LogP contribution in [0.4, 0.5) is 17.6 Å². The van der Waals surface area contributed by atoms with E-state index in [4.69, 9.17) is 5.11 Å². The molecule has 1 aliphatic heterocycles. The standard InChI is InChI=1S/C12H13F4NO/c13-11-2-1-10(12(14,15)16)3-9(11)6-17-4-8(5-17)7-18/h1-3,8,18H,4-7H2. The zero-order valence-corrected chi connectivity index (χ0v) is 9.54. The number of aliphatic hydroxyl groups excluding tert-OH is 1. The van der Waals surface area contributed by atoms with Gasteiger partial charge in [0.25, 0.3) is 0 Å². The van der Waals surface area contributed by atoms with Crippen LogP contribution in [-0.4, -0.2) is 29.7 Å². The minimum absolute atomic E-state index is 0.0428. The minimum atomic E-state index is -4.45. The van der Waals surface area contributed by atoms with Crippen LogP contribution in [0.15, 0.2) is 18.2 Å². The van der Waals surface area contributed by atoms with Crippen LogP contribution in [0, 0.1) is 11.7 Å². The molecule has 1 aromatic carbocycles. The zero-order valence-electron chi connectivity index (χ0n) is 9.54. The maximum atomic E-state index is 13.4. The summed E-state index contributed by atoms with van der Waals surface area (Å²) in [5, 5.41) is 8.83. The number of alkyl halides is 3. The third-order valence-corrected chi connectivity index (χ3v) is 3.06. The molecule has 0 bridgehead atoms. The van der Waals surface area contributed by atoms with Crippen molar-refractivity contribution in [2.75, 3.05) is 19.7 Å². The average Bonchev–Trinajstić information content (AvgIpc) is 2.23. The lowest BCUT2D eigenvalue weighted by molar-refractivity contribution is -0.137.